The van der Waals surface area contributed by atoms with Crippen LogP contribution in [0.2, 0.25) is 0 Å². The van der Waals surface area contributed by atoms with E-state index in [-0.39, 0.29) is 24.0 Å². The number of hydrogen-bond donors (Lipinski definition) is 3. The minimum Gasteiger partial charge on any atom is -0.505 e. The molecule has 0 unspecified atom stereocenters. The molecule has 1 aromatic rings. The van der Waals surface area contributed by atoms with Crippen LogP contribution in [0.5, 0.6) is 5.75 Å². The van der Waals surface area contributed by atoms with Crippen LogP contribution in [0.3, 0.4) is 0 Å². The summed E-state index contributed by atoms with van der Waals surface area (Å²) in [4.78, 5) is 22.3. The number of amides is 2. The Kier molecular flexibility index (Phi) is 2.52. The maximum Gasteiger partial charge on any atom is 0.229 e. The predicted octanol–water partition coefficient (Wildman–Crippen LogP) is 1.24. The Morgan fingerprint density at radius 3 is 3.00 bits per heavy atom. The lowest BCUT2D eigenvalue weighted by Gasteiger charge is -2.09. The number of benzene rings is 1. The fraction of sp³-hybridized carbons (Fsp3) is 0.273. The molecule has 16 heavy (non-hydrogen) atoms. The summed E-state index contributed by atoms with van der Waals surface area (Å²) in [6.45, 7) is 1.73. The van der Waals surface area contributed by atoms with Gasteiger partial charge in [-0.05, 0) is 12.1 Å². The van der Waals surface area contributed by atoms with Gasteiger partial charge in [-0.15, -0.1) is 0 Å². The van der Waals surface area contributed by atoms with Crippen LogP contribution in [0.25, 0.3) is 0 Å². The lowest BCUT2D eigenvalue weighted by molar-refractivity contribution is -0.116. The Morgan fingerprint density at radius 1 is 1.56 bits per heavy atom. The molecule has 5 nitrogen and oxygen atoms in total. The smallest absolute Gasteiger partial charge is 0.229 e. The van der Waals surface area contributed by atoms with Crippen LogP contribution in [-0.2, 0) is 16.0 Å². The van der Waals surface area contributed by atoms with Crippen molar-refractivity contribution in [2.24, 2.45) is 0 Å². The van der Waals surface area contributed by atoms with E-state index in [1.54, 1.807) is 19.1 Å². The van der Waals surface area contributed by atoms with Crippen LogP contribution in [0, 0.1) is 0 Å². The van der Waals surface area contributed by atoms with Gasteiger partial charge in [-0.25, -0.2) is 0 Å². The van der Waals surface area contributed by atoms with Gasteiger partial charge >= 0.3 is 0 Å². The van der Waals surface area contributed by atoms with Crippen LogP contribution >= 0.6 is 0 Å². The maximum atomic E-state index is 11.2. The molecule has 0 bridgehead atoms. The highest BCUT2D eigenvalue weighted by Gasteiger charge is 2.23. The number of aromatic hydroxyl groups is 1. The first-order chi connectivity index (χ1) is 7.61. The van der Waals surface area contributed by atoms with Crippen molar-refractivity contribution in [2.75, 3.05) is 10.6 Å². The average Bonchev–Trinajstić information content (AvgIpc) is 2.64. The van der Waals surface area contributed by atoms with Crippen molar-refractivity contribution in [3.8, 4) is 5.75 Å². The predicted molar refractivity (Wildman–Crippen MR) is 59.4 cm³/mol. The van der Waals surface area contributed by atoms with Crippen LogP contribution in [0.4, 0.5) is 11.4 Å². The molecule has 0 atom stereocenters. The second kappa shape index (κ2) is 3.84. The molecule has 1 aromatic carbocycles. The summed E-state index contributed by atoms with van der Waals surface area (Å²) in [5.41, 5.74) is 1.50. The summed E-state index contributed by atoms with van der Waals surface area (Å²) in [6, 6.07) is 3.25. The fourth-order valence-corrected chi connectivity index (χ4v) is 1.63. The molecule has 3 N–H and O–H groups in total. The monoisotopic (exact) mass is 220 g/mol. The minimum atomic E-state index is -0.174. The van der Waals surface area contributed by atoms with Gasteiger partial charge in [0.05, 0.1) is 12.1 Å². The molecule has 84 valence electrons. The second-order valence-electron chi connectivity index (χ2n) is 3.61. The molecule has 0 spiro atoms. The summed E-state index contributed by atoms with van der Waals surface area (Å²) in [7, 11) is 0. The standard InChI is InChI=1S/C11H12N2O3/c1-2-9(14)13-8-4-3-7-6(11(8)16)5-10(15)12-7/h3-4,16H,2,5H2,1H3,(H,12,15)(H,13,14). The van der Waals surface area contributed by atoms with Crippen molar-refractivity contribution in [1.29, 1.82) is 0 Å². The molecule has 0 aromatic heterocycles. The van der Waals surface area contributed by atoms with Crippen molar-refractivity contribution < 1.29 is 14.7 Å². The Bertz CT molecular complexity index is 469. The van der Waals surface area contributed by atoms with E-state index >= 15 is 0 Å². The number of hydrogen-bond acceptors (Lipinski definition) is 3. The number of nitrogens with one attached hydrogen (secondary N) is 2. The van der Waals surface area contributed by atoms with Crippen LogP contribution < -0.4 is 10.6 Å². The first-order valence-corrected chi connectivity index (χ1v) is 5.06. The van der Waals surface area contributed by atoms with Crippen molar-refractivity contribution in [1.82, 2.24) is 0 Å². The molecule has 5 heteroatoms. The minimum absolute atomic E-state index is 0.0300. The van der Waals surface area contributed by atoms with Gasteiger partial charge in [-0.3, -0.25) is 9.59 Å². The van der Waals surface area contributed by atoms with Crippen molar-refractivity contribution >= 4 is 23.2 Å². The molecule has 0 saturated heterocycles. The van der Waals surface area contributed by atoms with E-state index in [1.165, 1.54) is 0 Å². The van der Waals surface area contributed by atoms with Crippen molar-refractivity contribution in [3.63, 3.8) is 0 Å². The van der Waals surface area contributed by atoms with E-state index in [1.807, 2.05) is 0 Å². The second-order valence-corrected chi connectivity index (χ2v) is 3.61. The zero-order valence-electron chi connectivity index (χ0n) is 8.83. The normalized spacial score (nSPS) is 13.2. The van der Waals surface area contributed by atoms with Gasteiger partial charge in [0.25, 0.3) is 0 Å². The zero-order chi connectivity index (χ0) is 11.7. The van der Waals surface area contributed by atoms with Gasteiger partial charge in [0.1, 0.15) is 5.75 Å². The largest absolute Gasteiger partial charge is 0.505 e. The number of anilines is 2. The van der Waals surface area contributed by atoms with E-state index in [0.29, 0.717) is 23.4 Å². The summed E-state index contributed by atoms with van der Waals surface area (Å²) in [5, 5.41) is 15.1. The Hall–Kier alpha value is -2.04. The Morgan fingerprint density at radius 2 is 2.31 bits per heavy atom. The number of phenols is 1. The quantitative estimate of drug-likeness (QED) is 0.656. The summed E-state index contributed by atoms with van der Waals surface area (Å²) < 4.78 is 0. The molecule has 0 radical (unpaired) electrons. The summed E-state index contributed by atoms with van der Waals surface area (Å²) in [5.74, 6) is -0.352. The van der Waals surface area contributed by atoms with E-state index in [9.17, 15) is 14.7 Å². The highest BCUT2D eigenvalue weighted by Crippen LogP contribution is 2.36. The van der Waals surface area contributed by atoms with E-state index in [0.717, 1.165) is 0 Å². The highest BCUT2D eigenvalue weighted by atomic mass is 16.3. The molecule has 2 amide bonds. The molecule has 0 aliphatic carbocycles. The van der Waals surface area contributed by atoms with Gasteiger partial charge in [-0.1, -0.05) is 6.92 Å². The Labute approximate surface area is 92.5 Å². The third kappa shape index (κ3) is 1.71. The number of carbonyl (C=O) groups excluding carboxylic acids is 2. The first-order valence-electron chi connectivity index (χ1n) is 5.06. The van der Waals surface area contributed by atoms with Crippen LogP contribution in [0.1, 0.15) is 18.9 Å². The average molecular weight is 220 g/mol. The lowest BCUT2D eigenvalue weighted by Crippen LogP contribution is -2.09. The lowest BCUT2D eigenvalue weighted by atomic mass is 10.1. The molecule has 0 saturated carbocycles. The topological polar surface area (TPSA) is 78.4 Å². The van der Waals surface area contributed by atoms with Gasteiger partial charge < -0.3 is 15.7 Å². The molecule has 1 aliphatic heterocycles. The van der Waals surface area contributed by atoms with Gasteiger partial charge in [0.2, 0.25) is 11.8 Å². The molecule has 0 fully saturated rings. The van der Waals surface area contributed by atoms with Crippen molar-refractivity contribution in [3.05, 3.63) is 17.7 Å². The number of fused-ring (bicyclic) bond motifs is 1. The summed E-state index contributed by atoms with van der Waals surface area (Å²) >= 11 is 0. The van der Waals surface area contributed by atoms with Crippen molar-refractivity contribution in [2.45, 2.75) is 19.8 Å². The van der Waals surface area contributed by atoms with Gasteiger partial charge in [0, 0.05) is 17.7 Å². The molecular formula is C11H12N2O3. The third-order valence-electron chi connectivity index (χ3n) is 2.49. The number of carbonyl (C=O) groups is 2. The zero-order valence-corrected chi connectivity index (χ0v) is 8.83. The van der Waals surface area contributed by atoms with Crippen LogP contribution in [-0.4, -0.2) is 16.9 Å². The SMILES string of the molecule is CCC(=O)Nc1ccc2c(c1O)CC(=O)N2. The van der Waals surface area contributed by atoms with Gasteiger partial charge in [0.15, 0.2) is 0 Å². The number of rotatable bonds is 2. The molecule has 2 rings (SSSR count). The van der Waals surface area contributed by atoms with Gasteiger partial charge in [-0.2, -0.15) is 0 Å². The highest BCUT2D eigenvalue weighted by molar-refractivity contribution is 6.02. The van der Waals surface area contributed by atoms with E-state index < -0.39 is 0 Å². The fourth-order valence-electron chi connectivity index (χ4n) is 1.63. The Balaban J connectivity index is 2.33. The number of phenolic OH excluding ortho intramolecular Hbond substituents is 1. The van der Waals surface area contributed by atoms with Crippen LogP contribution in [0.15, 0.2) is 12.1 Å². The molecule has 1 aliphatic rings. The maximum absolute atomic E-state index is 11.2. The van der Waals surface area contributed by atoms with E-state index in [2.05, 4.69) is 10.6 Å². The summed E-state index contributed by atoms with van der Waals surface area (Å²) in [6.07, 6.45) is 0.491. The van der Waals surface area contributed by atoms with E-state index in [4.69, 9.17) is 0 Å². The first kappa shape index (κ1) is 10.5. The third-order valence-corrected chi connectivity index (χ3v) is 2.49. The molecular weight excluding hydrogens is 208 g/mol. The molecule has 1 heterocycles.